The molecule has 0 saturated carbocycles. The zero-order chi connectivity index (χ0) is 23.9. The van der Waals surface area contributed by atoms with Crippen molar-refractivity contribution < 1.29 is 14.0 Å². The molecule has 0 bridgehead atoms. The Hall–Kier alpha value is -3.84. The number of aromatic nitrogens is 1. The van der Waals surface area contributed by atoms with Gasteiger partial charge in [0.25, 0.3) is 17.0 Å². The number of hydrogen-bond donors (Lipinski definition) is 1. The van der Waals surface area contributed by atoms with E-state index in [1.807, 2.05) is 74.5 Å². The van der Waals surface area contributed by atoms with Crippen LogP contribution in [0.5, 0.6) is 0 Å². The van der Waals surface area contributed by atoms with Crippen LogP contribution in [0.2, 0.25) is 0 Å². The summed E-state index contributed by atoms with van der Waals surface area (Å²) >= 11 is 1.22. The van der Waals surface area contributed by atoms with Gasteiger partial charge in [0.2, 0.25) is 0 Å². The largest absolute Gasteiger partial charge is 0.431 e. The van der Waals surface area contributed by atoms with Crippen LogP contribution in [0.15, 0.2) is 100 Å². The van der Waals surface area contributed by atoms with E-state index >= 15 is 0 Å². The van der Waals surface area contributed by atoms with Crippen molar-refractivity contribution in [2.75, 3.05) is 13.1 Å². The van der Waals surface area contributed by atoms with Gasteiger partial charge in [-0.1, -0.05) is 60.7 Å². The van der Waals surface area contributed by atoms with Gasteiger partial charge in [0.05, 0.1) is 4.91 Å². The molecule has 1 N–H and O–H groups in total. The molecule has 2 amide bonds. The highest BCUT2D eigenvalue weighted by molar-refractivity contribution is 8.08. The monoisotopic (exact) mass is 471 g/mol. The third kappa shape index (κ3) is 5.21. The molecule has 172 valence electrons. The van der Waals surface area contributed by atoms with Crippen LogP contribution in [0, 0.1) is 0 Å². The normalized spacial score (nSPS) is 11.7. The van der Waals surface area contributed by atoms with Gasteiger partial charge in [-0.05, 0) is 55.4 Å². The van der Waals surface area contributed by atoms with Gasteiger partial charge >= 0.3 is 0 Å². The third-order valence-electron chi connectivity index (χ3n) is 5.27. The molecule has 7 heteroatoms. The van der Waals surface area contributed by atoms with Crippen molar-refractivity contribution >= 4 is 39.6 Å². The number of fused-ring (bicyclic) bond motifs is 1. The molecular weight excluding hydrogens is 446 g/mol. The minimum atomic E-state index is -0.359. The van der Waals surface area contributed by atoms with Crippen molar-refractivity contribution in [3.63, 3.8) is 0 Å². The molecule has 4 rings (SSSR count). The second-order valence-electron chi connectivity index (χ2n) is 7.42. The number of thioether (sulfide) groups is 1. The lowest BCUT2D eigenvalue weighted by Crippen LogP contribution is -2.38. The summed E-state index contributed by atoms with van der Waals surface area (Å²) in [7, 11) is 0. The lowest BCUT2D eigenvalue weighted by molar-refractivity contribution is -0.127. The fourth-order valence-electron chi connectivity index (χ4n) is 3.48. The van der Waals surface area contributed by atoms with Crippen molar-refractivity contribution in [3.8, 4) is 0 Å². The van der Waals surface area contributed by atoms with Crippen LogP contribution >= 0.6 is 11.8 Å². The van der Waals surface area contributed by atoms with E-state index in [0.717, 1.165) is 11.1 Å². The zero-order valence-electron chi connectivity index (χ0n) is 19.0. The molecule has 0 aliphatic heterocycles. The van der Waals surface area contributed by atoms with Gasteiger partial charge in [0.1, 0.15) is 11.2 Å². The van der Waals surface area contributed by atoms with Crippen LogP contribution in [-0.2, 0) is 4.79 Å². The molecule has 0 radical (unpaired) electrons. The molecule has 34 heavy (non-hydrogen) atoms. The van der Waals surface area contributed by atoms with E-state index in [9.17, 15) is 9.59 Å². The summed E-state index contributed by atoms with van der Waals surface area (Å²) in [5, 5.41) is 3.28. The number of oxazole rings is 1. The summed E-state index contributed by atoms with van der Waals surface area (Å²) in [6, 6.07) is 25.8. The van der Waals surface area contributed by atoms with Gasteiger partial charge < -0.3 is 14.6 Å². The molecule has 1 aromatic heterocycles. The van der Waals surface area contributed by atoms with Crippen molar-refractivity contribution in [2.24, 2.45) is 0 Å². The van der Waals surface area contributed by atoms with Gasteiger partial charge in [-0.15, -0.1) is 0 Å². The number of carbonyl (C=O) groups excluding carboxylic acids is 2. The number of benzene rings is 3. The van der Waals surface area contributed by atoms with Crippen LogP contribution in [0.3, 0.4) is 0 Å². The molecule has 0 unspecified atom stereocenters. The number of amides is 2. The van der Waals surface area contributed by atoms with E-state index in [4.69, 9.17) is 4.42 Å². The molecule has 3 aromatic carbocycles. The topological polar surface area (TPSA) is 75.4 Å². The number of para-hydroxylation sites is 2. The lowest BCUT2D eigenvalue weighted by Gasteiger charge is -2.23. The smallest absolute Gasteiger partial charge is 0.271 e. The van der Waals surface area contributed by atoms with Gasteiger partial charge in [-0.2, -0.15) is 0 Å². The first-order valence-corrected chi connectivity index (χ1v) is 11.9. The Balaban J connectivity index is 1.84. The number of nitrogens with one attached hydrogen (secondary N) is 1. The molecule has 6 nitrogen and oxygen atoms in total. The highest BCUT2D eigenvalue weighted by Crippen LogP contribution is 2.37. The van der Waals surface area contributed by atoms with Crippen molar-refractivity contribution in [1.82, 2.24) is 15.2 Å². The van der Waals surface area contributed by atoms with Gasteiger partial charge in [-0.3, -0.25) is 9.59 Å². The number of hydrogen-bond acceptors (Lipinski definition) is 5. The van der Waals surface area contributed by atoms with Gasteiger partial charge in [-0.25, -0.2) is 4.98 Å². The number of rotatable bonds is 8. The van der Waals surface area contributed by atoms with E-state index in [1.54, 1.807) is 29.2 Å². The Kier molecular flexibility index (Phi) is 7.44. The average Bonchev–Trinajstić information content (AvgIpc) is 3.30. The zero-order valence-corrected chi connectivity index (χ0v) is 19.8. The van der Waals surface area contributed by atoms with Crippen LogP contribution in [0.4, 0.5) is 0 Å². The molecule has 0 aliphatic carbocycles. The molecule has 0 saturated heterocycles. The highest BCUT2D eigenvalue weighted by atomic mass is 32.2. The molecule has 0 spiro atoms. The highest BCUT2D eigenvalue weighted by Gasteiger charge is 2.25. The quantitative estimate of drug-likeness (QED) is 0.268. The summed E-state index contributed by atoms with van der Waals surface area (Å²) in [5.74, 6) is -0.626. The molecule has 4 aromatic rings. The maximum Gasteiger partial charge on any atom is 0.271 e. The molecule has 1 heterocycles. The van der Waals surface area contributed by atoms with Crippen LogP contribution in [-0.4, -0.2) is 34.8 Å². The molecule has 0 aliphatic rings. The van der Waals surface area contributed by atoms with Gasteiger partial charge in [0.15, 0.2) is 5.58 Å². The SMILES string of the molecule is CCN(CC)C(=O)/C(NC(=O)c1ccccc1)=C(\Sc1nc2ccccc2o1)c1ccccc1. The first-order valence-electron chi connectivity index (χ1n) is 11.1. The fourth-order valence-corrected chi connectivity index (χ4v) is 4.42. The van der Waals surface area contributed by atoms with Crippen molar-refractivity contribution in [2.45, 2.75) is 19.1 Å². The summed E-state index contributed by atoms with van der Waals surface area (Å²) < 4.78 is 5.93. The van der Waals surface area contributed by atoms with Crippen LogP contribution < -0.4 is 5.32 Å². The summed E-state index contributed by atoms with van der Waals surface area (Å²) in [6.45, 7) is 4.84. The fraction of sp³-hybridized carbons (Fsp3) is 0.148. The second kappa shape index (κ2) is 10.9. The third-order valence-corrected chi connectivity index (χ3v) is 6.26. The summed E-state index contributed by atoms with van der Waals surface area (Å²) in [6.07, 6.45) is 0. The molecule has 0 fully saturated rings. The minimum Gasteiger partial charge on any atom is -0.431 e. The van der Waals surface area contributed by atoms with Crippen LogP contribution in [0.1, 0.15) is 29.8 Å². The van der Waals surface area contributed by atoms with E-state index in [0.29, 0.717) is 34.4 Å². The standard InChI is InChI=1S/C27H25N3O3S/c1-3-30(4-2)26(32)23(29-25(31)20-15-9-6-10-16-20)24(19-13-7-5-8-14-19)34-27-28-21-17-11-12-18-22(21)33-27/h5-18H,3-4H2,1-2H3,(H,29,31)/b24-23+. The second-order valence-corrected chi connectivity index (χ2v) is 8.38. The van der Waals surface area contributed by atoms with E-state index in [2.05, 4.69) is 10.3 Å². The Morgan fingerprint density at radius 1 is 0.853 bits per heavy atom. The maximum absolute atomic E-state index is 13.6. The average molecular weight is 472 g/mol. The predicted molar refractivity (Wildman–Crippen MR) is 135 cm³/mol. The Bertz CT molecular complexity index is 1280. The van der Waals surface area contributed by atoms with Gasteiger partial charge in [0, 0.05) is 18.7 Å². The lowest BCUT2D eigenvalue weighted by atomic mass is 10.1. The summed E-state index contributed by atoms with van der Waals surface area (Å²) in [4.78, 5) is 33.6. The maximum atomic E-state index is 13.6. The number of nitrogens with zero attached hydrogens (tertiary/aromatic N) is 2. The number of carbonyl (C=O) groups is 2. The summed E-state index contributed by atoms with van der Waals surface area (Å²) in [5.41, 5.74) is 2.81. The minimum absolute atomic E-state index is 0.191. The van der Waals surface area contributed by atoms with E-state index in [-0.39, 0.29) is 17.5 Å². The Morgan fingerprint density at radius 3 is 2.06 bits per heavy atom. The Labute approximate surface area is 202 Å². The van der Waals surface area contributed by atoms with Crippen molar-refractivity contribution in [1.29, 1.82) is 0 Å². The first kappa shape index (κ1) is 23.3. The van der Waals surface area contributed by atoms with E-state index in [1.165, 1.54) is 11.8 Å². The molecular formula is C27H25N3O3S. The number of likely N-dealkylation sites (N-methyl/N-ethyl adjacent to an activating group) is 1. The van der Waals surface area contributed by atoms with Crippen molar-refractivity contribution in [3.05, 3.63) is 102 Å². The van der Waals surface area contributed by atoms with Crippen LogP contribution in [0.25, 0.3) is 16.0 Å². The predicted octanol–water partition coefficient (Wildman–Crippen LogP) is 5.59. The van der Waals surface area contributed by atoms with E-state index < -0.39 is 0 Å². The first-order chi connectivity index (χ1) is 16.6. The Morgan fingerprint density at radius 2 is 1.44 bits per heavy atom. The molecule has 0 atom stereocenters.